The van der Waals surface area contributed by atoms with Crippen molar-refractivity contribution in [3.05, 3.63) is 51.7 Å². The lowest BCUT2D eigenvalue weighted by Crippen LogP contribution is -2.35. The Balaban J connectivity index is 1.40. The number of rotatable bonds is 5. The minimum atomic E-state index is 0.788. The van der Waals surface area contributed by atoms with Gasteiger partial charge in [0.25, 0.3) is 0 Å². The van der Waals surface area contributed by atoms with Crippen molar-refractivity contribution in [3.63, 3.8) is 0 Å². The zero-order valence-corrected chi connectivity index (χ0v) is 17.1. The molecule has 0 saturated carbocycles. The molecule has 0 bridgehead atoms. The molecule has 0 unspecified atom stereocenters. The third kappa shape index (κ3) is 3.52. The van der Waals surface area contributed by atoms with Crippen molar-refractivity contribution in [1.82, 2.24) is 14.9 Å². The van der Waals surface area contributed by atoms with E-state index in [1.165, 1.54) is 39.8 Å². The van der Waals surface area contributed by atoms with Crippen LogP contribution in [0.5, 0.6) is 0 Å². The van der Waals surface area contributed by atoms with Gasteiger partial charge in [-0.15, -0.1) is 11.3 Å². The Morgan fingerprint density at radius 3 is 2.79 bits per heavy atom. The third-order valence-electron chi connectivity index (χ3n) is 5.74. The molecule has 0 radical (unpaired) electrons. The van der Waals surface area contributed by atoms with E-state index in [2.05, 4.69) is 34.5 Å². The molecule has 6 heteroatoms. The molecule has 0 spiro atoms. The molecule has 146 valence electrons. The number of ether oxygens (including phenoxy) is 1. The fourth-order valence-electron chi connectivity index (χ4n) is 4.29. The number of hydrogen-bond donors (Lipinski definition) is 1. The van der Waals surface area contributed by atoms with Crippen molar-refractivity contribution in [2.45, 2.75) is 39.3 Å². The van der Waals surface area contributed by atoms with Gasteiger partial charge in [-0.25, -0.2) is 9.97 Å². The summed E-state index contributed by atoms with van der Waals surface area (Å²) < 4.78 is 5.49. The maximum atomic E-state index is 5.49. The van der Waals surface area contributed by atoms with Crippen LogP contribution in [-0.2, 0) is 30.7 Å². The monoisotopic (exact) mass is 394 g/mol. The summed E-state index contributed by atoms with van der Waals surface area (Å²) in [5.74, 6) is 1.85. The molecule has 1 saturated heterocycles. The summed E-state index contributed by atoms with van der Waals surface area (Å²) in [6.45, 7) is 7.44. The summed E-state index contributed by atoms with van der Waals surface area (Å²) in [4.78, 5) is 14.6. The minimum Gasteiger partial charge on any atom is -0.379 e. The van der Waals surface area contributed by atoms with E-state index in [9.17, 15) is 0 Å². The molecule has 2 aromatic heterocycles. The molecule has 28 heavy (non-hydrogen) atoms. The maximum Gasteiger partial charge on any atom is 0.139 e. The van der Waals surface area contributed by atoms with Gasteiger partial charge in [-0.1, -0.05) is 24.3 Å². The van der Waals surface area contributed by atoms with Crippen LogP contribution in [-0.4, -0.2) is 41.2 Å². The van der Waals surface area contributed by atoms with Crippen LogP contribution in [0.15, 0.2) is 24.3 Å². The number of benzene rings is 1. The van der Waals surface area contributed by atoms with Gasteiger partial charge in [0, 0.05) is 31.1 Å². The minimum absolute atomic E-state index is 0.788. The average Bonchev–Trinajstić information content (AvgIpc) is 3.28. The van der Waals surface area contributed by atoms with Gasteiger partial charge in [-0.2, -0.15) is 0 Å². The first kappa shape index (κ1) is 18.0. The molecular formula is C22H26N4OS. The predicted molar refractivity (Wildman–Crippen MR) is 114 cm³/mol. The first-order valence-corrected chi connectivity index (χ1v) is 11.0. The number of thiophene rings is 1. The van der Waals surface area contributed by atoms with Crippen molar-refractivity contribution in [3.8, 4) is 0 Å². The highest BCUT2D eigenvalue weighted by atomic mass is 32.1. The van der Waals surface area contributed by atoms with Gasteiger partial charge in [-0.05, 0) is 42.9 Å². The fourth-order valence-corrected chi connectivity index (χ4v) is 5.60. The molecule has 1 N–H and O–H groups in total. The number of fused-ring (bicyclic) bond motifs is 3. The fraction of sp³-hybridized carbons (Fsp3) is 0.455. The Morgan fingerprint density at radius 2 is 1.93 bits per heavy atom. The number of aromatic nitrogens is 2. The molecule has 1 aliphatic carbocycles. The van der Waals surface area contributed by atoms with Crippen molar-refractivity contribution in [2.24, 2.45) is 0 Å². The Bertz CT molecular complexity index is 994. The summed E-state index contributed by atoms with van der Waals surface area (Å²) >= 11 is 1.85. The standard InChI is InChI=1S/C22H26N4OS/c1-15-24-21(20-18-7-4-8-19(18)28-22(20)25-15)23-13-16-5-2-3-6-17(16)14-26-9-11-27-12-10-26/h2-3,5-6H,4,7-14H2,1H3,(H,23,24,25). The Labute approximate surface area is 169 Å². The molecule has 1 fully saturated rings. The van der Waals surface area contributed by atoms with Crippen LogP contribution in [0.4, 0.5) is 5.82 Å². The molecule has 2 aliphatic rings. The van der Waals surface area contributed by atoms with Crippen LogP contribution in [0.1, 0.15) is 33.8 Å². The topological polar surface area (TPSA) is 50.3 Å². The SMILES string of the molecule is Cc1nc(NCc2ccccc2CN2CCOCC2)c2c3c(sc2n1)CCC3. The van der Waals surface area contributed by atoms with Crippen LogP contribution < -0.4 is 5.32 Å². The second kappa shape index (κ2) is 7.78. The second-order valence-electron chi connectivity index (χ2n) is 7.67. The molecule has 3 aromatic rings. The molecular weight excluding hydrogens is 368 g/mol. The highest BCUT2D eigenvalue weighted by molar-refractivity contribution is 7.19. The van der Waals surface area contributed by atoms with E-state index in [1.54, 1.807) is 0 Å². The molecule has 5 rings (SSSR count). The third-order valence-corrected chi connectivity index (χ3v) is 6.92. The van der Waals surface area contributed by atoms with E-state index < -0.39 is 0 Å². The molecule has 0 atom stereocenters. The van der Waals surface area contributed by atoms with Gasteiger partial charge < -0.3 is 10.1 Å². The Kier molecular flexibility index (Phi) is 5.01. The van der Waals surface area contributed by atoms with Crippen molar-refractivity contribution in [1.29, 1.82) is 0 Å². The molecule has 5 nitrogen and oxygen atoms in total. The van der Waals surface area contributed by atoms with Gasteiger partial charge in [0.1, 0.15) is 16.5 Å². The summed E-state index contributed by atoms with van der Waals surface area (Å²) in [5.41, 5.74) is 4.20. The van der Waals surface area contributed by atoms with Gasteiger partial charge in [0.15, 0.2) is 0 Å². The van der Waals surface area contributed by atoms with E-state index >= 15 is 0 Å². The first-order valence-electron chi connectivity index (χ1n) is 10.2. The van der Waals surface area contributed by atoms with Crippen molar-refractivity contribution < 1.29 is 4.74 Å². The highest BCUT2D eigenvalue weighted by Gasteiger charge is 2.22. The van der Waals surface area contributed by atoms with Crippen LogP contribution in [0.3, 0.4) is 0 Å². The zero-order chi connectivity index (χ0) is 18.9. The summed E-state index contributed by atoms with van der Waals surface area (Å²) in [5, 5.41) is 4.91. The van der Waals surface area contributed by atoms with Gasteiger partial charge in [0.2, 0.25) is 0 Å². The van der Waals surface area contributed by atoms with E-state index in [0.29, 0.717) is 0 Å². The summed E-state index contributed by atoms with van der Waals surface area (Å²) in [6.07, 6.45) is 3.61. The van der Waals surface area contributed by atoms with E-state index in [4.69, 9.17) is 14.7 Å². The summed E-state index contributed by atoms with van der Waals surface area (Å²) in [7, 11) is 0. The van der Waals surface area contributed by atoms with Gasteiger partial charge in [-0.3, -0.25) is 4.90 Å². The Morgan fingerprint density at radius 1 is 1.11 bits per heavy atom. The van der Waals surface area contributed by atoms with E-state index in [-0.39, 0.29) is 0 Å². The number of anilines is 1. The number of aryl methyl sites for hydroxylation is 3. The normalized spacial score (nSPS) is 17.2. The zero-order valence-electron chi connectivity index (χ0n) is 16.3. The van der Waals surface area contributed by atoms with Crippen LogP contribution in [0.25, 0.3) is 10.2 Å². The van der Waals surface area contributed by atoms with Crippen molar-refractivity contribution >= 4 is 27.4 Å². The highest BCUT2D eigenvalue weighted by Crippen LogP contribution is 2.39. The lowest BCUT2D eigenvalue weighted by Gasteiger charge is -2.27. The van der Waals surface area contributed by atoms with Crippen LogP contribution >= 0.6 is 11.3 Å². The predicted octanol–water partition coefficient (Wildman–Crippen LogP) is 3.93. The molecule has 0 amide bonds. The average molecular weight is 395 g/mol. The Hall–Kier alpha value is -2.02. The second-order valence-corrected chi connectivity index (χ2v) is 8.75. The summed E-state index contributed by atoms with van der Waals surface area (Å²) in [6, 6.07) is 8.74. The quantitative estimate of drug-likeness (QED) is 0.710. The molecule has 3 heterocycles. The van der Waals surface area contributed by atoms with Gasteiger partial charge in [0.05, 0.1) is 18.6 Å². The lowest BCUT2D eigenvalue weighted by molar-refractivity contribution is 0.0341. The van der Waals surface area contributed by atoms with E-state index in [1.807, 2.05) is 18.3 Å². The number of nitrogens with one attached hydrogen (secondary N) is 1. The van der Waals surface area contributed by atoms with Gasteiger partial charge >= 0.3 is 0 Å². The number of morpholine rings is 1. The molecule has 1 aromatic carbocycles. The number of hydrogen-bond acceptors (Lipinski definition) is 6. The molecule has 1 aliphatic heterocycles. The first-order chi connectivity index (χ1) is 13.8. The van der Waals surface area contributed by atoms with E-state index in [0.717, 1.165) is 62.3 Å². The lowest BCUT2D eigenvalue weighted by atomic mass is 10.1. The van der Waals surface area contributed by atoms with Crippen LogP contribution in [0, 0.1) is 6.92 Å². The largest absolute Gasteiger partial charge is 0.379 e. The number of nitrogens with zero attached hydrogens (tertiary/aromatic N) is 3. The smallest absolute Gasteiger partial charge is 0.139 e. The van der Waals surface area contributed by atoms with Crippen molar-refractivity contribution in [2.75, 3.05) is 31.6 Å². The van der Waals surface area contributed by atoms with Crippen LogP contribution in [0.2, 0.25) is 0 Å². The maximum absolute atomic E-state index is 5.49.